The van der Waals surface area contributed by atoms with Crippen LogP contribution in [-0.2, 0) is 4.79 Å². The van der Waals surface area contributed by atoms with Crippen molar-refractivity contribution in [3.63, 3.8) is 0 Å². The molecule has 0 aromatic carbocycles. The van der Waals surface area contributed by atoms with E-state index in [2.05, 4.69) is 31.1 Å². The molecule has 1 heterocycles. The Kier molecular flexibility index (Phi) is 2.46. The van der Waals surface area contributed by atoms with Crippen LogP contribution >= 0.6 is 0 Å². The Bertz CT molecular complexity index is 248. The van der Waals surface area contributed by atoms with Crippen LogP contribution in [0.25, 0.3) is 0 Å². The smallest absolute Gasteiger partial charge is 0.250 e. The summed E-state index contributed by atoms with van der Waals surface area (Å²) < 4.78 is 0. The minimum Gasteiger partial charge on any atom is -0.312 e. The Hall–Kier alpha value is -0.860. The molecule has 3 heteroatoms. The molecule has 74 valence electrons. The largest absolute Gasteiger partial charge is 0.312 e. The fourth-order valence-electron chi connectivity index (χ4n) is 1.25. The van der Waals surface area contributed by atoms with Crippen molar-refractivity contribution < 1.29 is 4.79 Å². The molecular formula is C10H18N2O. The van der Waals surface area contributed by atoms with Crippen LogP contribution in [0.2, 0.25) is 0 Å². The van der Waals surface area contributed by atoms with E-state index in [4.69, 9.17) is 0 Å². The van der Waals surface area contributed by atoms with E-state index >= 15 is 0 Å². The van der Waals surface area contributed by atoms with Gasteiger partial charge in [-0.2, -0.15) is 0 Å². The molecule has 0 aromatic rings. The summed E-state index contributed by atoms with van der Waals surface area (Å²) >= 11 is 0. The van der Waals surface area contributed by atoms with Crippen LogP contribution < -0.4 is 5.32 Å². The highest BCUT2D eigenvalue weighted by Gasteiger charge is 2.33. The van der Waals surface area contributed by atoms with Crippen molar-refractivity contribution in [2.45, 2.75) is 40.7 Å². The molecule has 0 aromatic heterocycles. The predicted octanol–water partition coefficient (Wildman–Crippen LogP) is 1.59. The van der Waals surface area contributed by atoms with E-state index in [1.54, 1.807) is 0 Å². The van der Waals surface area contributed by atoms with Gasteiger partial charge in [0.1, 0.15) is 11.9 Å². The van der Waals surface area contributed by atoms with Gasteiger partial charge in [0.2, 0.25) is 5.91 Å². The quantitative estimate of drug-likeness (QED) is 0.657. The van der Waals surface area contributed by atoms with Gasteiger partial charge in [-0.3, -0.25) is 9.79 Å². The molecule has 3 nitrogen and oxygen atoms in total. The van der Waals surface area contributed by atoms with Gasteiger partial charge >= 0.3 is 0 Å². The van der Waals surface area contributed by atoms with E-state index < -0.39 is 0 Å². The summed E-state index contributed by atoms with van der Waals surface area (Å²) in [5, 5.41) is 2.84. The predicted molar refractivity (Wildman–Crippen MR) is 53.7 cm³/mol. The lowest BCUT2D eigenvalue weighted by Gasteiger charge is -2.17. The second-order valence-electron chi connectivity index (χ2n) is 4.91. The van der Waals surface area contributed by atoms with Gasteiger partial charge in [0, 0.05) is 5.41 Å². The third kappa shape index (κ3) is 2.08. The van der Waals surface area contributed by atoms with Gasteiger partial charge in [0.25, 0.3) is 0 Å². The molecule has 0 fully saturated rings. The lowest BCUT2D eigenvalue weighted by Crippen LogP contribution is -2.36. The molecule has 1 atom stereocenters. The van der Waals surface area contributed by atoms with Crippen molar-refractivity contribution in [1.29, 1.82) is 0 Å². The van der Waals surface area contributed by atoms with E-state index in [1.165, 1.54) is 0 Å². The number of carbonyl (C=O) groups is 1. The maximum Gasteiger partial charge on any atom is 0.250 e. The van der Waals surface area contributed by atoms with Gasteiger partial charge in [-0.15, -0.1) is 0 Å². The molecule has 1 amide bonds. The molecule has 0 saturated carbocycles. The van der Waals surface area contributed by atoms with Crippen molar-refractivity contribution in [3.8, 4) is 0 Å². The third-order valence-corrected chi connectivity index (χ3v) is 2.12. The first-order chi connectivity index (χ1) is 5.82. The van der Waals surface area contributed by atoms with Gasteiger partial charge < -0.3 is 5.32 Å². The van der Waals surface area contributed by atoms with E-state index in [9.17, 15) is 4.79 Å². The zero-order valence-corrected chi connectivity index (χ0v) is 9.01. The normalized spacial score (nSPS) is 23.4. The van der Waals surface area contributed by atoms with Gasteiger partial charge in [-0.25, -0.2) is 0 Å². The maximum absolute atomic E-state index is 11.4. The third-order valence-electron chi connectivity index (χ3n) is 2.12. The summed E-state index contributed by atoms with van der Waals surface area (Å²) in [6.07, 6.45) is 0. The number of hydrogen-bond donors (Lipinski definition) is 1. The summed E-state index contributed by atoms with van der Waals surface area (Å²) in [6, 6.07) is -0.186. The monoisotopic (exact) mass is 182 g/mol. The summed E-state index contributed by atoms with van der Waals surface area (Å²) in [4.78, 5) is 15.8. The Labute approximate surface area is 79.6 Å². The van der Waals surface area contributed by atoms with Crippen LogP contribution in [0.4, 0.5) is 0 Å². The minimum absolute atomic E-state index is 0.0416. The topological polar surface area (TPSA) is 41.5 Å². The number of amidine groups is 1. The lowest BCUT2D eigenvalue weighted by atomic mass is 9.95. The first-order valence-corrected chi connectivity index (χ1v) is 4.71. The molecule has 0 bridgehead atoms. The highest BCUT2D eigenvalue weighted by atomic mass is 16.2. The van der Waals surface area contributed by atoms with Crippen molar-refractivity contribution in [1.82, 2.24) is 5.32 Å². The fraction of sp³-hybridized carbons (Fsp3) is 0.800. The van der Waals surface area contributed by atoms with Gasteiger partial charge in [0.15, 0.2) is 0 Å². The number of carbonyl (C=O) groups excluding carboxylic acids is 1. The molecule has 0 radical (unpaired) electrons. The minimum atomic E-state index is -0.186. The zero-order valence-electron chi connectivity index (χ0n) is 9.01. The molecule has 1 unspecified atom stereocenters. The fourth-order valence-corrected chi connectivity index (χ4v) is 1.25. The second-order valence-corrected chi connectivity index (χ2v) is 4.91. The summed E-state index contributed by atoms with van der Waals surface area (Å²) in [7, 11) is 0. The van der Waals surface area contributed by atoms with Gasteiger partial charge in [-0.05, 0) is 5.92 Å². The van der Waals surface area contributed by atoms with Crippen molar-refractivity contribution >= 4 is 11.7 Å². The molecule has 0 saturated heterocycles. The first kappa shape index (κ1) is 10.2. The Balaban J connectivity index is 2.84. The first-order valence-electron chi connectivity index (χ1n) is 4.71. The second kappa shape index (κ2) is 3.13. The van der Waals surface area contributed by atoms with E-state index in [0.29, 0.717) is 0 Å². The Morgan fingerprint density at radius 3 is 2.15 bits per heavy atom. The SMILES string of the molecule is CC(C)C1N=C(C(C)(C)C)NC1=O. The molecule has 0 aliphatic carbocycles. The summed E-state index contributed by atoms with van der Waals surface area (Å²) in [5.74, 6) is 1.14. The highest BCUT2D eigenvalue weighted by molar-refractivity contribution is 6.07. The maximum atomic E-state index is 11.4. The van der Waals surface area contributed by atoms with Crippen LogP contribution in [0.5, 0.6) is 0 Å². The van der Waals surface area contributed by atoms with Gasteiger partial charge in [0.05, 0.1) is 0 Å². The average molecular weight is 182 g/mol. The number of rotatable bonds is 1. The van der Waals surface area contributed by atoms with Crippen molar-refractivity contribution in [2.75, 3.05) is 0 Å². The Morgan fingerprint density at radius 1 is 1.38 bits per heavy atom. The molecule has 1 aliphatic rings. The molecule has 13 heavy (non-hydrogen) atoms. The van der Waals surface area contributed by atoms with Crippen LogP contribution in [0, 0.1) is 11.3 Å². The zero-order chi connectivity index (χ0) is 10.2. The summed E-state index contributed by atoms with van der Waals surface area (Å²) in [6.45, 7) is 10.2. The van der Waals surface area contributed by atoms with Crippen molar-refractivity contribution in [3.05, 3.63) is 0 Å². The highest BCUT2D eigenvalue weighted by Crippen LogP contribution is 2.21. The average Bonchev–Trinajstić information content (AvgIpc) is 2.29. The number of nitrogens with zero attached hydrogens (tertiary/aromatic N) is 1. The molecule has 0 spiro atoms. The van der Waals surface area contributed by atoms with Crippen LogP contribution in [0.15, 0.2) is 4.99 Å². The Morgan fingerprint density at radius 2 is 1.92 bits per heavy atom. The molecule has 1 rings (SSSR count). The van der Waals surface area contributed by atoms with E-state index in [1.807, 2.05) is 13.8 Å². The van der Waals surface area contributed by atoms with Crippen LogP contribution in [-0.4, -0.2) is 17.8 Å². The molecule has 1 N–H and O–H groups in total. The van der Waals surface area contributed by atoms with Crippen LogP contribution in [0.3, 0.4) is 0 Å². The summed E-state index contributed by atoms with van der Waals surface area (Å²) in [5.41, 5.74) is -0.0563. The lowest BCUT2D eigenvalue weighted by molar-refractivity contribution is -0.120. The standard InChI is InChI=1S/C10H18N2O/c1-6(2)7-8(13)12-9(11-7)10(3,4)5/h6-7H,1-5H3,(H,11,12,13). The number of aliphatic imine (C=N–C) groups is 1. The number of hydrogen-bond acceptors (Lipinski definition) is 2. The molecule has 1 aliphatic heterocycles. The van der Waals surface area contributed by atoms with E-state index in [-0.39, 0.29) is 23.3 Å². The van der Waals surface area contributed by atoms with E-state index in [0.717, 1.165) is 5.84 Å². The van der Waals surface area contributed by atoms with Gasteiger partial charge in [-0.1, -0.05) is 34.6 Å². The van der Waals surface area contributed by atoms with Crippen molar-refractivity contribution in [2.24, 2.45) is 16.3 Å². The van der Waals surface area contributed by atoms with Crippen LogP contribution in [0.1, 0.15) is 34.6 Å². The number of amides is 1. The molecular weight excluding hydrogens is 164 g/mol. The number of nitrogens with one attached hydrogen (secondary N) is 1.